The maximum absolute atomic E-state index is 12.0. The van der Waals surface area contributed by atoms with E-state index in [1.807, 2.05) is 31.2 Å². The van der Waals surface area contributed by atoms with Gasteiger partial charge in [0.05, 0.1) is 18.7 Å². The molecule has 0 aliphatic rings. The standard InChI is InChI=1S/C18H20ClNO3/c1-3-23-15-8-4-13(5-9-15)6-11-18(21)20-14-7-10-17(22-2)16(19)12-14/h4-5,7-10,12H,3,6,11H2,1-2H3,(H,20,21). The van der Waals surface area contributed by atoms with E-state index >= 15 is 0 Å². The maximum Gasteiger partial charge on any atom is 0.224 e. The summed E-state index contributed by atoms with van der Waals surface area (Å²) in [5.74, 6) is 1.37. The monoisotopic (exact) mass is 333 g/mol. The molecule has 0 radical (unpaired) electrons. The molecule has 2 rings (SSSR count). The average Bonchev–Trinajstić information content (AvgIpc) is 2.55. The van der Waals surface area contributed by atoms with Crippen LogP contribution in [0.1, 0.15) is 18.9 Å². The molecule has 5 heteroatoms. The number of halogens is 1. The third kappa shape index (κ3) is 5.18. The lowest BCUT2D eigenvalue weighted by atomic mass is 10.1. The molecule has 0 unspecified atom stereocenters. The number of methoxy groups -OCH3 is 1. The van der Waals surface area contributed by atoms with Crippen LogP contribution in [-0.4, -0.2) is 19.6 Å². The van der Waals surface area contributed by atoms with Gasteiger partial charge in [0.1, 0.15) is 11.5 Å². The molecule has 23 heavy (non-hydrogen) atoms. The van der Waals surface area contributed by atoms with E-state index in [2.05, 4.69) is 5.32 Å². The lowest BCUT2D eigenvalue weighted by Crippen LogP contribution is -2.12. The summed E-state index contributed by atoms with van der Waals surface area (Å²) in [5, 5.41) is 3.30. The van der Waals surface area contributed by atoms with Crippen LogP contribution < -0.4 is 14.8 Å². The van der Waals surface area contributed by atoms with Gasteiger partial charge >= 0.3 is 0 Å². The number of benzene rings is 2. The molecular formula is C18H20ClNO3. The summed E-state index contributed by atoms with van der Waals surface area (Å²) in [7, 11) is 1.55. The van der Waals surface area contributed by atoms with Gasteiger partial charge < -0.3 is 14.8 Å². The third-order valence-corrected chi connectivity index (χ3v) is 3.61. The van der Waals surface area contributed by atoms with Crippen LogP contribution in [0.4, 0.5) is 5.69 Å². The van der Waals surface area contributed by atoms with E-state index in [4.69, 9.17) is 21.1 Å². The van der Waals surface area contributed by atoms with Gasteiger partial charge in [-0.05, 0) is 49.2 Å². The highest BCUT2D eigenvalue weighted by Crippen LogP contribution is 2.27. The van der Waals surface area contributed by atoms with Crippen LogP contribution in [0.5, 0.6) is 11.5 Å². The van der Waals surface area contributed by atoms with Crippen LogP contribution in [0.2, 0.25) is 5.02 Å². The van der Waals surface area contributed by atoms with Crippen LogP contribution in [0.3, 0.4) is 0 Å². The molecule has 1 N–H and O–H groups in total. The summed E-state index contributed by atoms with van der Waals surface area (Å²) >= 11 is 6.04. The number of ether oxygens (including phenoxy) is 2. The van der Waals surface area contributed by atoms with Crippen LogP contribution in [0.25, 0.3) is 0 Å². The first-order valence-electron chi connectivity index (χ1n) is 7.47. The van der Waals surface area contributed by atoms with Crippen LogP contribution >= 0.6 is 11.6 Å². The SMILES string of the molecule is CCOc1ccc(CCC(=O)Nc2ccc(OC)c(Cl)c2)cc1. The van der Waals surface area contributed by atoms with Crippen molar-refractivity contribution in [2.75, 3.05) is 19.0 Å². The van der Waals surface area contributed by atoms with Gasteiger partial charge in [0, 0.05) is 12.1 Å². The first-order valence-corrected chi connectivity index (χ1v) is 7.85. The minimum absolute atomic E-state index is 0.0554. The number of carbonyl (C=O) groups excluding carboxylic acids is 1. The fourth-order valence-electron chi connectivity index (χ4n) is 2.14. The highest BCUT2D eigenvalue weighted by Gasteiger charge is 2.06. The Kier molecular flexibility index (Phi) is 6.29. The normalized spacial score (nSPS) is 10.2. The van der Waals surface area contributed by atoms with E-state index in [0.717, 1.165) is 11.3 Å². The number of anilines is 1. The molecule has 0 aromatic heterocycles. The summed E-state index contributed by atoms with van der Waals surface area (Å²) in [4.78, 5) is 12.0. The quantitative estimate of drug-likeness (QED) is 0.821. The van der Waals surface area contributed by atoms with Crippen molar-refractivity contribution in [1.29, 1.82) is 0 Å². The number of nitrogens with one attached hydrogen (secondary N) is 1. The van der Waals surface area contributed by atoms with Gasteiger partial charge in [0.2, 0.25) is 5.91 Å². The van der Waals surface area contributed by atoms with Gasteiger partial charge in [-0.3, -0.25) is 4.79 Å². The molecule has 2 aromatic rings. The second-order valence-electron chi connectivity index (χ2n) is 4.97. The zero-order chi connectivity index (χ0) is 16.7. The maximum atomic E-state index is 12.0. The fraction of sp³-hybridized carbons (Fsp3) is 0.278. The molecule has 122 valence electrons. The van der Waals surface area contributed by atoms with Gasteiger partial charge in [-0.1, -0.05) is 23.7 Å². The largest absolute Gasteiger partial charge is 0.495 e. The van der Waals surface area contributed by atoms with Crippen molar-refractivity contribution in [3.63, 3.8) is 0 Å². The zero-order valence-electron chi connectivity index (χ0n) is 13.3. The average molecular weight is 334 g/mol. The second-order valence-corrected chi connectivity index (χ2v) is 5.38. The number of hydrogen-bond donors (Lipinski definition) is 1. The molecule has 0 aliphatic heterocycles. The molecule has 1 amide bonds. The van der Waals surface area contributed by atoms with Crippen molar-refractivity contribution in [2.24, 2.45) is 0 Å². The molecule has 0 fully saturated rings. The Labute approximate surface area is 141 Å². The first-order chi connectivity index (χ1) is 11.1. The van der Waals surface area contributed by atoms with Crippen LogP contribution in [-0.2, 0) is 11.2 Å². The van der Waals surface area contributed by atoms with E-state index < -0.39 is 0 Å². The Balaban J connectivity index is 1.86. The van der Waals surface area contributed by atoms with Crippen molar-refractivity contribution in [1.82, 2.24) is 0 Å². The predicted molar refractivity (Wildman–Crippen MR) is 92.6 cm³/mol. The summed E-state index contributed by atoms with van der Waals surface area (Å²) in [6.45, 7) is 2.59. The smallest absolute Gasteiger partial charge is 0.224 e. The third-order valence-electron chi connectivity index (χ3n) is 3.31. The van der Waals surface area contributed by atoms with Crippen molar-refractivity contribution < 1.29 is 14.3 Å². The topological polar surface area (TPSA) is 47.6 Å². The Hall–Kier alpha value is -2.20. The molecule has 4 nitrogen and oxygen atoms in total. The van der Waals surface area contributed by atoms with E-state index in [9.17, 15) is 4.79 Å². The number of amides is 1. The van der Waals surface area contributed by atoms with Gasteiger partial charge in [0.25, 0.3) is 0 Å². The number of carbonyl (C=O) groups is 1. The second kappa shape index (κ2) is 8.44. The van der Waals surface area contributed by atoms with Crippen molar-refractivity contribution in [3.8, 4) is 11.5 Å². The zero-order valence-corrected chi connectivity index (χ0v) is 14.0. The minimum Gasteiger partial charge on any atom is -0.495 e. The molecule has 0 saturated heterocycles. The van der Waals surface area contributed by atoms with Crippen LogP contribution in [0.15, 0.2) is 42.5 Å². The summed E-state index contributed by atoms with van der Waals surface area (Å²) < 4.78 is 10.5. The number of aryl methyl sites for hydroxylation is 1. The molecule has 0 saturated carbocycles. The van der Waals surface area contributed by atoms with E-state index in [1.54, 1.807) is 25.3 Å². The van der Waals surface area contributed by atoms with Gasteiger partial charge in [0.15, 0.2) is 0 Å². The number of rotatable bonds is 7. The van der Waals surface area contributed by atoms with Gasteiger partial charge in [-0.2, -0.15) is 0 Å². The Morgan fingerprint density at radius 3 is 2.52 bits per heavy atom. The molecule has 0 heterocycles. The van der Waals surface area contributed by atoms with Gasteiger partial charge in [-0.15, -0.1) is 0 Å². The van der Waals surface area contributed by atoms with E-state index in [1.165, 1.54) is 0 Å². The van der Waals surface area contributed by atoms with E-state index in [0.29, 0.717) is 35.9 Å². The lowest BCUT2D eigenvalue weighted by molar-refractivity contribution is -0.116. The lowest BCUT2D eigenvalue weighted by Gasteiger charge is -2.08. The highest BCUT2D eigenvalue weighted by molar-refractivity contribution is 6.32. The van der Waals surface area contributed by atoms with Crippen LogP contribution in [0, 0.1) is 0 Å². The first kappa shape index (κ1) is 17.2. The van der Waals surface area contributed by atoms with Crippen molar-refractivity contribution in [2.45, 2.75) is 19.8 Å². The molecule has 2 aromatic carbocycles. The van der Waals surface area contributed by atoms with Gasteiger partial charge in [-0.25, -0.2) is 0 Å². The highest BCUT2D eigenvalue weighted by atomic mass is 35.5. The Morgan fingerprint density at radius 2 is 1.91 bits per heavy atom. The minimum atomic E-state index is -0.0554. The van der Waals surface area contributed by atoms with Crippen molar-refractivity contribution in [3.05, 3.63) is 53.1 Å². The summed E-state index contributed by atoms with van der Waals surface area (Å²) in [6.07, 6.45) is 1.07. The Bertz CT molecular complexity index is 656. The number of hydrogen-bond acceptors (Lipinski definition) is 3. The Morgan fingerprint density at radius 1 is 1.17 bits per heavy atom. The molecule has 0 bridgehead atoms. The summed E-state index contributed by atoms with van der Waals surface area (Å²) in [5.41, 5.74) is 1.75. The summed E-state index contributed by atoms with van der Waals surface area (Å²) in [6, 6.07) is 12.9. The molecule has 0 aliphatic carbocycles. The van der Waals surface area contributed by atoms with E-state index in [-0.39, 0.29) is 5.91 Å². The molecular weight excluding hydrogens is 314 g/mol. The van der Waals surface area contributed by atoms with Crippen molar-refractivity contribution >= 4 is 23.2 Å². The fourth-order valence-corrected chi connectivity index (χ4v) is 2.40. The predicted octanol–water partition coefficient (Wildman–Crippen LogP) is 4.32. The molecule has 0 spiro atoms. The molecule has 0 atom stereocenters.